The molecule has 2 rings (SSSR count). The number of hydrogen-bond donors (Lipinski definition) is 3. The van der Waals surface area contributed by atoms with Gasteiger partial charge < -0.3 is 15.7 Å². The maximum Gasteiger partial charge on any atom is 0.254 e. The third-order valence-electron chi connectivity index (χ3n) is 3.52. The highest BCUT2D eigenvalue weighted by molar-refractivity contribution is 5.95. The van der Waals surface area contributed by atoms with Crippen molar-refractivity contribution in [2.24, 2.45) is 5.92 Å². The fourth-order valence-corrected chi connectivity index (χ4v) is 2.18. The summed E-state index contributed by atoms with van der Waals surface area (Å²) in [5.74, 6) is -6.81. The van der Waals surface area contributed by atoms with Gasteiger partial charge in [0, 0.05) is 12.6 Å². The summed E-state index contributed by atoms with van der Waals surface area (Å²) >= 11 is 0. The Kier molecular flexibility index (Phi) is 5.86. The number of benzene rings is 1. The van der Waals surface area contributed by atoms with Crippen LogP contribution in [0.25, 0.3) is 0 Å². The van der Waals surface area contributed by atoms with Crippen molar-refractivity contribution in [3.05, 3.63) is 29.1 Å². The van der Waals surface area contributed by atoms with Gasteiger partial charge >= 0.3 is 0 Å². The van der Waals surface area contributed by atoms with Crippen molar-refractivity contribution >= 4 is 18.3 Å². The van der Waals surface area contributed by atoms with Crippen LogP contribution in [0.15, 0.2) is 6.07 Å². The van der Waals surface area contributed by atoms with E-state index >= 15 is 0 Å². The number of carbonyl (C=O) groups is 1. The molecular weight excluding hydrogens is 309 g/mol. The summed E-state index contributed by atoms with van der Waals surface area (Å²) in [6.45, 7) is 3.28. The van der Waals surface area contributed by atoms with E-state index in [2.05, 4.69) is 10.6 Å². The molecule has 0 aromatic heterocycles. The summed E-state index contributed by atoms with van der Waals surface area (Å²) in [7, 11) is 0. The molecule has 1 heterocycles. The SMILES string of the molecule is CC1CCNCC1NC(=O)c1cc(F)c(F)c(O)c1F.Cl. The zero-order valence-electron chi connectivity index (χ0n) is 11.3. The molecule has 21 heavy (non-hydrogen) atoms. The number of carbonyl (C=O) groups excluding carboxylic acids is 1. The lowest BCUT2D eigenvalue weighted by Crippen LogP contribution is -2.50. The third kappa shape index (κ3) is 3.59. The van der Waals surface area contributed by atoms with Crippen molar-refractivity contribution in [2.75, 3.05) is 13.1 Å². The number of piperidine rings is 1. The smallest absolute Gasteiger partial charge is 0.254 e. The van der Waals surface area contributed by atoms with Crippen molar-refractivity contribution in [1.82, 2.24) is 10.6 Å². The Bertz CT molecular complexity index is 543. The van der Waals surface area contributed by atoms with Gasteiger partial charge in [0.1, 0.15) is 0 Å². The number of aromatic hydroxyl groups is 1. The zero-order chi connectivity index (χ0) is 14.9. The summed E-state index contributed by atoms with van der Waals surface area (Å²) < 4.78 is 39.7. The minimum Gasteiger partial charge on any atom is -0.503 e. The minimum atomic E-state index is -1.70. The van der Waals surface area contributed by atoms with Crippen LogP contribution in [-0.4, -0.2) is 30.1 Å². The lowest BCUT2D eigenvalue weighted by molar-refractivity contribution is 0.0909. The fraction of sp³-hybridized carbons (Fsp3) is 0.462. The molecule has 3 N–H and O–H groups in total. The number of nitrogens with one attached hydrogen (secondary N) is 2. The number of phenols is 1. The first-order valence-electron chi connectivity index (χ1n) is 6.29. The molecule has 0 bridgehead atoms. The van der Waals surface area contributed by atoms with Gasteiger partial charge in [-0.15, -0.1) is 12.4 Å². The van der Waals surface area contributed by atoms with E-state index in [-0.39, 0.29) is 24.4 Å². The number of rotatable bonds is 2. The van der Waals surface area contributed by atoms with Crippen LogP contribution in [0.5, 0.6) is 5.75 Å². The molecule has 8 heteroatoms. The van der Waals surface area contributed by atoms with Gasteiger partial charge in [-0.05, 0) is 24.9 Å². The summed E-state index contributed by atoms with van der Waals surface area (Å²) in [5.41, 5.74) is -0.709. The molecule has 0 saturated carbocycles. The highest BCUT2D eigenvalue weighted by Crippen LogP contribution is 2.26. The van der Waals surface area contributed by atoms with E-state index in [9.17, 15) is 18.0 Å². The second-order valence-corrected chi connectivity index (χ2v) is 4.93. The summed E-state index contributed by atoms with van der Waals surface area (Å²) in [6, 6.07) is 0.214. The van der Waals surface area contributed by atoms with E-state index < -0.39 is 34.7 Å². The second kappa shape index (κ2) is 7.00. The van der Waals surface area contributed by atoms with Gasteiger partial charge in [-0.2, -0.15) is 4.39 Å². The average molecular weight is 325 g/mol. The lowest BCUT2D eigenvalue weighted by Gasteiger charge is -2.30. The van der Waals surface area contributed by atoms with Gasteiger partial charge in [0.2, 0.25) is 5.82 Å². The standard InChI is InChI=1S/C13H15F3N2O2.ClH/c1-6-2-3-17-5-9(6)18-13(20)7-4-8(14)11(16)12(19)10(7)15;/h4,6,9,17,19H,2-3,5H2,1H3,(H,18,20);1H. The number of hydrogen-bond acceptors (Lipinski definition) is 3. The zero-order valence-corrected chi connectivity index (χ0v) is 12.1. The van der Waals surface area contributed by atoms with Crippen molar-refractivity contribution in [2.45, 2.75) is 19.4 Å². The van der Waals surface area contributed by atoms with Crippen LogP contribution in [0.1, 0.15) is 23.7 Å². The first-order chi connectivity index (χ1) is 9.41. The molecule has 118 valence electrons. The van der Waals surface area contributed by atoms with Gasteiger partial charge in [0.15, 0.2) is 17.4 Å². The van der Waals surface area contributed by atoms with E-state index in [1.54, 1.807) is 0 Å². The van der Waals surface area contributed by atoms with Crippen LogP contribution in [-0.2, 0) is 0 Å². The fourth-order valence-electron chi connectivity index (χ4n) is 2.18. The average Bonchev–Trinajstić information content (AvgIpc) is 2.43. The van der Waals surface area contributed by atoms with E-state index in [0.717, 1.165) is 13.0 Å². The van der Waals surface area contributed by atoms with E-state index in [1.807, 2.05) is 6.92 Å². The van der Waals surface area contributed by atoms with E-state index in [4.69, 9.17) is 5.11 Å². The second-order valence-electron chi connectivity index (χ2n) is 4.93. The predicted molar refractivity (Wildman–Crippen MR) is 73.1 cm³/mol. The quantitative estimate of drug-likeness (QED) is 0.729. The molecular formula is C13H16ClF3N2O2. The van der Waals surface area contributed by atoms with Crippen molar-refractivity contribution in [3.63, 3.8) is 0 Å². The van der Waals surface area contributed by atoms with Gasteiger partial charge in [0.25, 0.3) is 5.91 Å². The Labute approximate surface area is 126 Å². The Morgan fingerprint density at radius 1 is 1.38 bits per heavy atom. The van der Waals surface area contributed by atoms with Crippen LogP contribution < -0.4 is 10.6 Å². The molecule has 1 aliphatic rings. The molecule has 0 radical (unpaired) electrons. The molecule has 0 aliphatic carbocycles. The molecule has 1 saturated heterocycles. The molecule has 1 amide bonds. The first-order valence-corrected chi connectivity index (χ1v) is 6.29. The Hall–Kier alpha value is -1.47. The van der Waals surface area contributed by atoms with Gasteiger partial charge in [-0.25, -0.2) is 8.78 Å². The third-order valence-corrected chi connectivity index (χ3v) is 3.52. The van der Waals surface area contributed by atoms with Crippen LogP contribution in [0.3, 0.4) is 0 Å². The molecule has 1 fully saturated rings. The number of amides is 1. The maximum absolute atomic E-state index is 13.6. The lowest BCUT2D eigenvalue weighted by atomic mass is 9.94. The van der Waals surface area contributed by atoms with Crippen LogP contribution in [0.4, 0.5) is 13.2 Å². The van der Waals surface area contributed by atoms with Gasteiger partial charge in [0.05, 0.1) is 5.56 Å². The molecule has 1 aromatic rings. The number of halogens is 4. The predicted octanol–water partition coefficient (Wildman–Crippen LogP) is 1.96. The normalized spacial score (nSPS) is 21.5. The van der Waals surface area contributed by atoms with Crippen LogP contribution >= 0.6 is 12.4 Å². The molecule has 1 aliphatic heterocycles. The Balaban J connectivity index is 0.00000220. The monoisotopic (exact) mass is 324 g/mol. The number of phenolic OH excluding ortho intramolecular Hbond substituents is 1. The molecule has 2 atom stereocenters. The highest BCUT2D eigenvalue weighted by Gasteiger charge is 2.27. The summed E-state index contributed by atoms with van der Waals surface area (Å²) in [5, 5.41) is 14.7. The first kappa shape index (κ1) is 17.6. The Morgan fingerprint density at radius 2 is 2.05 bits per heavy atom. The maximum atomic E-state index is 13.6. The largest absolute Gasteiger partial charge is 0.503 e. The van der Waals surface area contributed by atoms with Crippen LogP contribution in [0, 0.1) is 23.4 Å². The van der Waals surface area contributed by atoms with Crippen molar-refractivity contribution < 1.29 is 23.1 Å². The van der Waals surface area contributed by atoms with Crippen LogP contribution in [0.2, 0.25) is 0 Å². The summed E-state index contributed by atoms with van der Waals surface area (Å²) in [6.07, 6.45) is 0.844. The van der Waals surface area contributed by atoms with Gasteiger partial charge in [-0.3, -0.25) is 4.79 Å². The topological polar surface area (TPSA) is 61.4 Å². The van der Waals surface area contributed by atoms with E-state index in [1.165, 1.54) is 0 Å². The highest BCUT2D eigenvalue weighted by atomic mass is 35.5. The molecule has 4 nitrogen and oxygen atoms in total. The van der Waals surface area contributed by atoms with Crippen molar-refractivity contribution in [3.8, 4) is 5.75 Å². The molecule has 2 unspecified atom stereocenters. The van der Waals surface area contributed by atoms with Crippen molar-refractivity contribution in [1.29, 1.82) is 0 Å². The van der Waals surface area contributed by atoms with Gasteiger partial charge in [-0.1, -0.05) is 6.92 Å². The minimum absolute atomic E-state index is 0. The molecule has 1 aromatic carbocycles. The van der Waals surface area contributed by atoms with E-state index in [0.29, 0.717) is 12.6 Å². The molecule has 0 spiro atoms. The summed E-state index contributed by atoms with van der Waals surface area (Å²) in [4.78, 5) is 11.9. The Morgan fingerprint density at radius 3 is 2.67 bits per heavy atom.